The molecule has 0 aromatic carbocycles. The average molecular weight is 293 g/mol. The average Bonchev–Trinajstić information content (AvgIpc) is 2.93. The molecule has 0 radical (unpaired) electrons. The van der Waals surface area contributed by atoms with Crippen molar-refractivity contribution in [2.75, 3.05) is 18.0 Å². The summed E-state index contributed by atoms with van der Waals surface area (Å²) >= 11 is 1.90. The number of fused-ring (bicyclic) bond motifs is 1. The van der Waals surface area contributed by atoms with Crippen molar-refractivity contribution in [3.05, 3.63) is 10.6 Å². The Hall–Kier alpha value is -0.610. The quantitative estimate of drug-likeness (QED) is 0.919. The molecular formula is C16H27N3S. The van der Waals surface area contributed by atoms with Crippen LogP contribution in [0.15, 0.2) is 0 Å². The molecule has 1 saturated heterocycles. The highest BCUT2D eigenvalue weighted by Gasteiger charge is 2.33. The lowest BCUT2D eigenvalue weighted by atomic mass is 9.74. The summed E-state index contributed by atoms with van der Waals surface area (Å²) in [5, 5.41) is 1.23. The topological polar surface area (TPSA) is 42.2 Å². The fourth-order valence-electron chi connectivity index (χ4n) is 3.70. The van der Waals surface area contributed by atoms with Gasteiger partial charge < -0.3 is 10.6 Å². The predicted molar refractivity (Wildman–Crippen MR) is 86.4 cm³/mol. The summed E-state index contributed by atoms with van der Waals surface area (Å²) in [5.74, 6) is 0. The molecule has 2 N–H and O–H groups in total. The van der Waals surface area contributed by atoms with E-state index in [9.17, 15) is 0 Å². The van der Waals surface area contributed by atoms with Gasteiger partial charge in [-0.25, -0.2) is 4.98 Å². The van der Waals surface area contributed by atoms with E-state index in [4.69, 9.17) is 10.7 Å². The van der Waals surface area contributed by atoms with Crippen LogP contribution in [0.4, 0.5) is 5.13 Å². The third-order valence-corrected chi connectivity index (χ3v) is 6.77. The Morgan fingerprint density at radius 1 is 1.30 bits per heavy atom. The first-order valence-electron chi connectivity index (χ1n) is 8.17. The largest absolute Gasteiger partial charge is 0.348 e. The lowest BCUT2D eigenvalue weighted by molar-refractivity contribution is 0.199. The van der Waals surface area contributed by atoms with Gasteiger partial charge in [-0.1, -0.05) is 26.7 Å². The van der Waals surface area contributed by atoms with Crippen molar-refractivity contribution in [1.29, 1.82) is 0 Å². The molecule has 4 heteroatoms. The number of nitrogens with two attached hydrogens (primary N) is 1. The number of aromatic nitrogens is 1. The molecule has 1 aliphatic carbocycles. The lowest BCUT2D eigenvalue weighted by Crippen LogP contribution is -2.39. The Labute approximate surface area is 126 Å². The van der Waals surface area contributed by atoms with Gasteiger partial charge in [0, 0.05) is 24.0 Å². The standard InChI is InChI=1S/C16H27N3S/c1-3-16(4-2)8-10-19(11-9-16)15-18-14-12(17)6-5-7-13(14)20-15/h12H,3-11,17H2,1-2H3. The normalized spacial score (nSPS) is 25.6. The summed E-state index contributed by atoms with van der Waals surface area (Å²) in [5.41, 5.74) is 7.98. The first kappa shape index (κ1) is 14.3. The van der Waals surface area contributed by atoms with Crippen molar-refractivity contribution in [3.63, 3.8) is 0 Å². The maximum atomic E-state index is 6.20. The van der Waals surface area contributed by atoms with Crippen molar-refractivity contribution < 1.29 is 0 Å². The zero-order chi connectivity index (χ0) is 14.2. The molecule has 2 heterocycles. The summed E-state index contributed by atoms with van der Waals surface area (Å²) in [6, 6.07) is 0.180. The molecule has 1 aromatic heterocycles. The smallest absolute Gasteiger partial charge is 0.185 e. The molecule has 0 bridgehead atoms. The molecule has 1 unspecified atom stereocenters. The van der Waals surface area contributed by atoms with Crippen LogP contribution in [0.1, 0.15) is 69.0 Å². The van der Waals surface area contributed by atoms with Crippen molar-refractivity contribution >= 4 is 16.5 Å². The fourth-order valence-corrected chi connectivity index (χ4v) is 4.93. The first-order chi connectivity index (χ1) is 9.67. The second kappa shape index (κ2) is 5.64. The van der Waals surface area contributed by atoms with E-state index in [1.807, 2.05) is 11.3 Å². The number of aryl methyl sites for hydroxylation is 1. The van der Waals surface area contributed by atoms with Gasteiger partial charge in [-0.05, 0) is 37.5 Å². The first-order valence-corrected chi connectivity index (χ1v) is 8.99. The van der Waals surface area contributed by atoms with Crippen molar-refractivity contribution in [3.8, 4) is 0 Å². The maximum Gasteiger partial charge on any atom is 0.185 e. The van der Waals surface area contributed by atoms with Crippen LogP contribution in [0.2, 0.25) is 0 Å². The zero-order valence-electron chi connectivity index (χ0n) is 12.8. The molecule has 1 aliphatic heterocycles. The van der Waals surface area contributed by atoms with Crippen LogP contribution in [0.5, 0.6) is 0 Å². The third kappa shape index (κ3) is 2.48. The van der Waals surface area contributed by atoms with Crippen LogP contribution >= 0.6 is 11.3 Å². The van der Waals surface area contributed by atoms with Crippen molar-refractivity contribution in [2.45, 2.75) is 64.8 Å². The number of thiazole rings is 1. The van der Waals surface area contributed by atoms with Gasteiger partial charge in [-0.2, -0.15) is 0 Å². The number of hydrogen-bond donors (Lipinski definition) is 1. The Morgan fingerprint density at radius 3 is 2.60 bits per heavy atom. The van der Waals surface area contributed by atoms with Gasteiger partial charge in [0.1, 0.15) is 0 Å². The minimum Gasteiger partial charge on any atom is -0.348 e. The summed E-state index contributed by atoms with van der Waals surface area (Å²) in [6.45, 7) is 7.03. The van der Waals surface area contributed by atoms with E-state index < -0.39 is 0 Å². The molecule has 1 fully saturated rings. The van der Waals surface area contributed by atoms with Gasteiger partial charge in [0.05, 0.1) is 5.69 Å². The predicted octanol–water partition coefficient (Wildman–Crippen LogP) is 3.89. The van der Waals surface area contributed by atoms with Gasteiger partial charge in [0.15, 0.2) is 5.13 Å². The molecule has 0 saturated carbocycles. The second-order valence-electron chi connectivity index (χ2n) is 6.50. The SMILES string of the molecule is CCC1(CC)CCN(c2nc3c(s2)CCCC3N)CC1. The van der Waals surface area contributed by atoms with E-state index in [1.165, 1.54) is 67.3 Å². The van der Waals surface area contributed by atoms with E-state index in [-0.39, 0.29) is 6.04 Å². The molecule has 0 spiro atoms. The van der Waals surface area contributed by atoms with Gasteiger partial charge in [0.2, 0.25) is 0 Å². The molecule has 2 aliphatic rings. The molecular weight excluding hydrogens is 266 g/mol. The van der Waals surface area contributed by atoms with Gasteiger partial charge in [0.25, 0.3) is 0 Å². The van der Waals surface area contributed by atoms with E-state index in [0.717, 1.165) is 6.42 Å². The highest BCUT2D eigenvalue weighted by molar-refractivity contribution is 7.15. The number of anilines is 1. The molecule has 0 amide bonds. The Morgan fingerprint density at radius 2 is 2.00 bits per heavy atom. The summed E-state index contributed by atoms with van der Waals surface area (Å²) in [6.07, 6.45) is 8.78. The Bertz CT molecular complexity index is 454. The summed E-state index contributed by atoms with van der Waals surface area (Å²) in [7, 11) is 0. The number of hydrogen-bond acceptors (Lipinski definition) is 4. The van der Waals surface area contributed by atoms with Gasteiger partial charge in [-0.3, -0.25) is 0 Å². The lowest BCUT2D eigenvalue weighted by Gasteiger charge is -2.41. The van der Waals surface area contributed by atoms with Gasteiger partial charge >= 0.3 is 0 Å². The van der Waals surface area contributed by atoms with Crippen LogP contribution in [0.25, 0.3) is 0 Å². The minimum absolute atomic E-state index is 0.180. The molecule has 112 valence electrons. The van der Waals surface area contributed by atoms with Crippen molar-refractivity contribution in [2.24, 2.45) is 11.1 Å². The van der Waals surface area contributed by atoms with E-state index in [1.54, 1.807) is 0 Å². The summed E-state index contributed by atoms with van der Waals surface area (Å²) < 4.78 is 0. The Kier molecular flexibility index (Phi) is 4.04. The summed E-state index contributed by atoms with van der Waals surface area (Å²) in [4.78, 5) is 8.82. The highest BCUT2D eigenvalue weighted by Crippen LogP contribution is 2.41. The van der Waals surface area contributed by atoms with E-state index >= 15 is 0 Å². The highest BCUT2D eigenvalue weighted by atomic mass is 32.1. The fraction of sp³-hybridized carbons (Fsp3) is 0.812. The second-order valence-corrected chi connectivity index (χ2v) is 7.56. The number of rotatable bonds is 3. The number of nitrogens with zero attached hydrogens (tertiary/aromatic N) is 2. The molecule has 1 atom stereocenters. The van der Waals surface area contributed by atoms with Crippen LogP contribution in [-0.4, -0.2) is 18.1 Å². The van der Waals surface area contributed by atoms with Crippen LogP contribution < -0.4 is 10.6 Å². The van der Waals surface area contributed by atoms with Gasteiger partial charge in [-0.15, -0.1) is 11.3 Å². The van der Waals surface area contributed by atoms with Crippen LogP contribution in [0.3, 0.4) is 0 Å². The zero-order valence-corrected chi connectivity index (χ0v) is 13.6. The third-order valence-electron chi connectivity index (χ3n) is 5.58. The maximum absolute atomic E-state index is 6.20. The molecule has 3 nitrogen and oxygen atoms in total. The van der Waals surface area contributed by atoms with Crippen molar-refractivity contribution in [1.82, 2.24) is 4.98 Å². The molecule has 3 rings (SSSR count). The van der Waals surface area contributed by atoms with Crippen LogP contribution in [-0.2, 0) is 6.42 Å². The molecule has 20 heavy (non-hydrogen) atoms. The van der Waals surface area contributed by atoms with E-state index in [0.29, 0.717) is 5.41 Å². The van der Waals surface area contributed by atoms with Crippen LogP contribution in [0, 0.1) is 5.41 Å². The van der Waals surface area contributed by atoms with E-state index in [2.05, 4.69) is 18.7 Å². The number of piperidine rings is 1. The molecule has 1 aromatic rings. The Balaban J connectivity index is 1.72. The monoisotopic (exact) mass is 293 g/mol. The minimum atomic E-state index is 0.180.